The standard InChI is InChI=1S/C18H22N4O4/c1-12-7-3-4-8-13(12)15(24)21-20-14(23)11-22-16(25)18(19-17(22)26)9-5-2-6-10-18/h3-4,7-8H,2,5-6,9-11H2,1H3,(H,19,26)(H,20,23)(H,21,24). The van der Waals surface area contributed by atoms with E-state index in [2.05, 4.69) is 16.2 Å². The Bertz CT molecular complexity index is 755. The van der Waals surface area contributed by atoms with Crippen LogP contribution in [0.25, 0.3) is 0 Å². The molecule has 0 aromatic heterocycles. The van der Waals surface area contributed by atoms with Crippen molar-refractivity contribution in [2.75, 3.05) is 6.54 Å². The summed E-state index contributed by atoms with van der Waals surface area (Å²) in [5, 5.41) is 2.74. The normalized spacial score (nSPS) is 18.6. The highest BCUT2D eigenvalue weighted by molar-refractivity contribution is 6.09. The van der Waals surface area contributed by atoms with Gasteiger partial charge in [0.15, 0.2) is 0 Å². The average Bonchev–Trinajstić information content (AvgIpc) is 2.85. The molecule has 3 rings (SSSR count). The number of hydrogen-bond acceptors (Lipinski definition) is 4. The Balaban J connectivity index is 1.56. The van der Waals surface area contributed by atoms with Gasteiger partial charge >= 0.3 is 6.03 Å². The summed E-state index contributed by atoms with van der Waals surface area (Å²) in [6, 6.07) is 6.40. The first-order valence-electron chi connectivity index (χ1n) is 8.72. The highest BCUT2D eigenvalue weighted by Gasteiger charge is 2.51. The van der Waals surface area contributed by atoms with Crippen LogP contribution in [0, 0.1) is 6.92 Å². The second-order valence-corrected chi connectivity index (χ2v) is 6.78. The minimum atomic E-state index is -0.861. The molecule has 0 atom stereocenters. The van der Waals surface area contributed by atoms with Crippen LogP contribution in [0.4, 0.5) is 4.79 Å². The predicted molar refractivity (Wildman–Crippen MR) is 92.8 cm³/mol. The summed E-state index contributed by atoms with van der Waals surface area (Å²) < 4.78 is 0. The van der Waals surface area contributed by atoms with Crippen LogP contribution in [0.1, 0.15) is 48.0 Å². The Kier molecular flexibility index (Phi) is 4.92. The molecular weight excluding hydrogens is 336 g/mol. The van der Waals surface area contributed by atoms with Crippen molar-refractivity contribution in [3.63, 3.8) is 0 Å². The van der Waals surface area contributed by atoms with Crippen LogP contribution in [0.2, 0.25) is 0 Å². The predicted octanol–water partition coefficient (Wildman–Crippen LogP) is 1.01. The first-order valence-corrected chi connectivity index (χ1v) is 8.72. The van der Waals surface area contributed by atoms with Crippen LogP contribution in [-0.4, -0.2) is 40.7 Å². The van der Waals surface area contributed by atoms with E-state index < -0.39 is 29.9 Å². The van der Waals surface area contributed by atoms with Crippen molar-refractivity contribution < 1.29 is 19.2 Å². The molecule has 8 heteroatoms. The van der Waals surface area contributed by atoms with Gasteiger partial charge in [-0.3, -0.25) is 30.1 Å². The number of rotatable bonds is 3. The first-order chi connectivity index (χ1) is 12.4. The second-order valence-electron chi connectivity index (χ2n) is 6.78. The van der Waals surface area contributed by atoms with Gasteiger partial charge in [-0.05, 0) is 31.4 Å². The molecule has 1 saturated carbocycles. The summed E-state index contributed by atoms with van der Waals surface area (Å²) in [5.41, 5.74) is 4.91. The maximum Gasteiger partial charge on any atom is 0.325 e. The van der Waals surface area contributed by atoms with E-state index >= 15 is 0 Å². The quantitative estimate of drug-likeness (QED) is 0.554. The van der Waals surface area contributed by atoms with Gasteiger partial charge in [0, 0.05) is 5.56 Å². The number of nitrogens with zero attached hydrogens (tertiary/aromatic N) is 1. The van der Waals surface area contributed by atoms with E-state index in [9.17, 15) is 19.2 Å². The maximum atomic E-state index is 12.6. The van der Waals surface area contributed by atoms with Crippen LogP contribution in [0.15, 0.2) is 24.3 Å². The summed E-state index contributed by atoms with van der Waals surface area (Å²) >= 11 is 0. The SMILES string of the molecule is Cc1ccccc1C(=O)NNC(=O)CN1C(=O)NC2(CCCCC2)C1=O. The molecule has 2 fully saturated rings. The molecule has 2 aliphatic rings. The summed E-state index contributed by atoms with van der Waals surface area (Å²) in [6.07, 6.45) is 3.98. The minimum absolute atomic E-state index is 0.359. The number of carbonyl (C=O) groups is 4. The molecule has 1 aliphatic heterocycles. The molecule has 5 amide bonds. The number of aryl methyl sites for hydroxylation is 1. The van der Waals surface area contributed by atoms with Gasteiger partial charge in [-0.15, -0.1) is 0 Å². The van der Waals surface area contributed by atoms with Crippen molar-refractivity contribution >= 4 is 23.8 Å². The van der Waals surface area contributed by atoms with E-state index in [1.807, 2.05) is 6.07 Å². The van der Waals surface area contributed by atoms with Crippen LogP contribution < -0.4 is 16.2 Å². The average molecular weight is 358 g/mol. The molecule has 1 aromatic carbocycles. The number of imide groups is 1. The highest BCUT2D eigenvalue weighted by atomic mass is 16.2. The van der Waals surface area contributed by atoms with Crippen LogP contribution in [0.5, 0.6) is 0 Å². The van der Waals surface area contributed by atoms with Crippen molar-refractivity contribution in [1.82, 2.24) is 21.1 Å². The zero-order chi connectivity index (χ0) is 18.7. The number of amides is 5. The zero-order valence-corrected chi connectivity index (χ0v) is 14.6. The summed E-state index contributed by atoms with van der Waals surface area (Å²) in [7, 11) is 0. The molecule has 0 unspecified atom stereocenters. The van der Waals surface area contributed by atoms with Gasteiger partial charge < -0.3 is 5.32 Å². The third kappa shape index (κ3) is 3.40. The Morgan fingerprint density at radius 2 is 1.81 bits per heavy atom. The third-order valence-electron chi connectivity index (χ3n) is 4.96. The molecule has 1 aromatic rings. The van der Waals surface area contributed by atoms with E-state index in [-0.39, 0.29) is 5.91 Å². The number of nitrogens with one attached hydrogen (secondary N) is 3. The van der Waals surface area contributed by atoms with Crippen LogP contribution in [0.3, 0.4) is 0 Å². The Morgan fingerprint density at radius 3 is 2.50 bits per heavy atom. The molecule has 3 N–H and O–H groups in total. The molecule has 1 heterocycles. The Morgan fingerprint density at radius 1 is 1.12 bits per heavy atom. The molecule has 138 valence electrons. The Hall–Kier alpha value is -2.90. The third-order valence-corrected chi connectivity index (χ3v) is 4.96. The number of carbonyl (C=O) groups excluding carboxylic acids is 4. The highest BCUT2D eigenvalue weighted by Crippen LogP contribution is 2.33. The molecule has 0 bridgehead atoms. The molecule has 1 spiro atoms. The lowest BCUT2D eigenvalue weighted by molar-refractivity contribution is -0.136. The fourth-order valence-corrected chi connectivity index (χ4v) is 3.52. The molecule has 8 nitrogen and oxygen atoms in total. The zero-order valence-electron chi connectivity index (χ0n) is 14.6. The summed E-state index contributed by atoms with van der Waals surface area (Å²) in [6.45, 7) is 1.36. The smallest absolute Gasteiger partial charge is 0.323 e. The fraction of sp³-hybridized carbons (Fsp3) is 0.444. The van der Waals surface area contributed by atoms with Crippen LogP contribution in [-0.2, 0) is 9.59 Å². The molecular formula is C18H22N4O4. The lowest BCUT2D eigenvalue weighted by Gasteiger charge is -2.30. The van der Waals surface area contributed by atoms with Crippen molar-refractivity contribution in [3.05, 3.63) is 35.4 Å². The van der Waals surface area contributed by atoms with Crippen molar-refractivity contribution in [3.8, 4) is 0 Å². The maximum absolute atomic E-state index is 12.6. The Labute approximate surface area is 151 Å². The van der Waals surface area contributed by atoms with E-state index in [0.29, 0.717) is 18.4 Å². The van der Waals surface area contributed by atoms with Gasteiger partial charge in [-0.25, -0.2) is 4.79 Å². The lowest BCUT2D eigenvalue weighted by atomic mass is 9.82. The van der Waals surface area contributed by atoms with Gasteiger partial charge in [0.25, 0.3) is 17.7 Å². The molecule has 26 heavy (non-hydrogen) atoms. The van der Waals surface area contributed by atoms with E-state index in [4.69, 9.17) is 0 Å². The number of hydrazine groups is 1. The fourth-order valence-electron chi connectivity index (χ4n) is 3.52. The molecule has 0 radical (unpaired) electrons. The second kappa shape index (κ2) is 7.15. The van der Waals surface area contributed by atoms with E-state index in [0.717, 1.165) is 29.7 Å². The minimum Gasteiger partial charge on any atom is -0.323 e. The lowest BCUT2D eigenvalue weighted by Crippen LogP contribution is -2.50. The van der Waals surface area contributed by atoms with Gasteiger partial charge in [0.2, 0.25) is 0 Å². The summed E-state index contributed by atoms with van der Waals surface area (Å²) in [4.78, 5) is 49.8. The topological polar surface area (TPSA) is 108 Å². The van der Waals surface area contributed by atoms with E-state index in [1.165, 1.54) is 0 Å². The number of urea groups is 1. The van der Waals surface area contributed by atoms with Gasteiger partial charge in [-0.1, -0.05) is 37.5 Å². The largest absolute Gasteiger partial charge is 0.325 e. The first kappa shape index (κ1) is 17.9. The van der Waals surface area contributed by atoms with Crippen molar-refractivity contribution in [1.29, 1.82) is 0 Å². The van der Waals surface area contributed by atoms with Gasteiger partial charge in [0.1, 0.15) is 12.1 Å². The number of benzene rings is 1. The summed E-state index contributed by atoms with van der Waals surface area (Å²) in [5.74, 6) is -1.46. The number of hydrogen-bond donors (Lipinski definition) is 3. The monoisotopic (exact) mass is 358 g/mol. The van der Waals surface area contributed by atoms with Crippen molar-refractivity contribution in [2.24, 2.45) is 0 Å². The van der Waals surface area contributed by atoms with Gasteiger partial charge in [-0.2, -0.15) is 0 Å². The van der Waals surface area contributed by atoms with Gasteiger partial charge in [0.05, 0.1) is 0 Å². The van der Waals surface area contributed by atoms with Crippen LogP contribution >= 0.6 is 0 Å². The molecule has 1 aliphatic carbocycles. The van der Waals surface area contributed by atoms with Crippen molar-refractivity contribution in [2.45, 2.75) is 44.6 Å². The molecule has 1 saturated heterocycles. The van der Waals surface area contributed by atoms with E-state index in [1.54, 1.807) is 25.1 Å².